The maximum atomic E-state index is 12.7. The van der Waals surface area contributed by atoms with Gasteiger partial charge in [0.25, 0.3) is 0 Å². The molecule has 9 heteroatoms. The molecule has 0 unspecified atom stereocenters. The summed E-state index contributed by atoms with van der Waals surface area (Å²) in [5.74, 6) is 1.17. The van der Waals surface area contributed by atoms with E-state index in [2.05, 4.69) is 27.8 Å². The summed E-state index contributed by atoms with van der Waals surface area (Å²) < 4.78 is 12.7. The van der Waals surface area contributed by atoms with E-state index in [0.29, 0.717) is 35.6 Å². The van der Waals surface area contributed by atoms with Gasteiger partial charge >= 0.3 is 0 Å². The number of nitrogens with zero attached hydrogens (tertiary/aromatic N) is 4. The number of carbonyl (C=O) groups excluding carboxylic acids is 1. The highest BCUT2D eigenvalue weighted by Crippen LogP contribution is 2.33. The molecule has 0 saturated heterocycles. The van der Waals surface area contributed by atoms with Crippen LogP contribution in [0.5, 0.6) is 11.5 Å². The maximum absolute atomic E-state index is 12.7. The van der Waals surface area contributed by atoms with Gasteiger partial charge in [-0.1, -0.05) is 17.8 Å². The molecule has 0 saturated carbocycles. The van der Waals surface area contributed by atoms with Crippen LogP contribution in [0.15, 0.2) is 41.6 Å². The first-order valence-electron chi connectivity index (χ1n) is 9.24. The number of thioether (sulfide) groups is 1. The molecule has 0 radical (unpaired) electrons. The Bertz CT molecular complexity index is 1050. The van der Waals surface area contributed by atoms with Crippen LogP contribution in [0.25, 0.3) is 5.69 Å². The zero-order valence-corrected chi connectivity index (χ0v) is 17.2. The lowest BCUT2D eigenvalue weighted by molar-refractivity contribution is -0.115. The Hall–Kier alpha value is -3.07. The first kappa shape index (κ1) is 19.3. The molecule has 1 N–H and O–H groups in total. The number of aromatic nitrogens is 4. The molecule has 1 atom stereocenters. The largest absolute Gasteiger partial charge is 0.486 e. The second-order valence-corrected chi connectivity index (χ2v) is 8.06. The summed E-state index contributed by atoms with van der Waals surface area (Å²) >= 11 is 1.30. The summed E-state index contributed by atoms with van der Waals surface area (Å²) in [7, 11) is 0. The summed E-state index contributed by atoms with van der Waals surface area (Å²) in [6, 6.07) is 11.4. The summed E-state index contributed by atoms with van der Waals surface area (Å²) in [4.78, 5) is 12.7. The average molecular weight is 411 g/mol. The predicted octanol–water partition coefficient (Wildman–Crippen LogP) is 3.17. The molecule has 0 fully saturated rings. The highest BCUT2D eigenvalue weighted by atomic mass is 32.2. The van der Waals surface area contributed by atoms with Gasteiger partial charge in [0.15, 0.2) is 11.5 Å². The van der Waals surface area contributed by atoms with E-state index in [1.54, 1.807) is 22.9 Å². The van der Waals surface area contributed by atoms with E-state index in [1.807, 2.05) is 32.0 Å². The minimum Gasteiger partial charge on any atom is -0.486 e. The second-order valence-electron chi connectivity index (χ2n) is 6.75. The van der Waals surface area contributed by atoms with Crippen molar-refractivity contribution in [2.24, 2.45) is 0 Å². The number of benzene rings is 2. The highest BCUT2D eigenvalue weighted by Gasteiger charge is 2.20. The Kier molecular flexibility index (Phi) is 5.39. The molecule has 4 rings (SSSR count). The van der Waals surface area contributed by atoms with E-state index < -0.39 is 5.25 Å². The van der Waals surface area contributed by atoms with Crippen molar-refractivity contribution in [1.82, 2.24) is 20.2 Å². The number of tetrazole rings is 1. The molecule has 1 aliphatic rings. The fourth-order valence-corrected chi connectivity index (χ4v) is 3.66. The fourth-order valence-electron chi connectivity index (χ4n) is 2.85. The van der Waals surface area contributed by atoms with Crippen molar-refractivity contribution < 1.29 is 14.3 Å². The number of ether oxygens (including phenoxy) is 2. The lowest BCUT2D eigenvalue weighted by Crippen LogP contribution is -2.23. The van der Waals surface area contributed by atoms with Gasteiger partial charge in [-0.3, -0.25) is 4.79 Å². The number of carbonyl (C=O) groups is 1. The normalized spacial score (nSPS) is 13.8. The average Bonchev–Trinajstić information content (AvgIpc) is 3.18. The third kappa shape index (κ3) is 4.19. The number of hydrogen-bond donors (Lipinski definition) is 1. The Labute approximate surface area is 172 Å². The summed E-state index contributed by atoms with van der Waals surface area (Å²) in [5, 5.41) is 15.0. The van der Waals surface area contributed by atoms with Crippen LogP contribution < -0.4 is 14.8 Å². The molecule has 29 heavy (non-hydrogen) atoms. The van der Waals surface area contributed by atoms with Gasteiger partial charge in [0.2, 0.25) is 11.1 Å². The van der Waals surface area contributed by atoms with Gasteiger partial charge in [-0.2, -0.15) is 4.68 Å². The number of hydrogen-bond acceptors (Lipinski definition) is 7. The quantitative estimate of drug-likeness (QED) is 0.645. The third-order valence-corrected chi connectivity index (χ3v) is 5.67. The van der Waals surface area contributed by atoms with Gasteiger partial charge in [-0.05, 0) is 66.6 Å². The Morgan fingerprint density at radius 2 is 1.90 bits per heavy atom. The summed E-state index contributed by atoms with van der Waals surface area (Å²) in [6.07, 6.45) is 0. The van der Waals surface area contributed by atoms with Crippen LogP contribution in [0.3, 0.4) is 0 Å². The molecular formula is C20H21N5O3S. The van der Waals surface area contributed by atoms with E-state index in [0.717, 1.165) is 11.3 Å². The molecule has 1 aromatic heterocycles. The minimum absolute atomic E-state index is 0.152. The van der Waals surface area contributed by atoms with Gasteiger partial charge < -0.3 is 14.8 Å². The molecule has 2 aromatic carbocycles. The molecular weight excluding hydrogens is 390 g/mol. The van der Waals surface area contributed by atoms with E-state index in [-0.39, 0.29) is 5.91 Å². The van der Waals surface area contributed by atoms with Crippen LogP contribution in [0.1, 0.15) is 18.1 Å². The smallest absolute Gasteiger partial charge is 0.237 e. The number of anilines is 1. The molecule has 1 aliphatic heterocycles. The van der Waals surface area contributed by atoms with Crippen molar-refractivity contribution in [3.63, 3.8) is 0 Å². The van der Waals surface area contributed by atoms with E-state index in [9.17, 15) is 4.79 Å². The van der Waals surface area contributed by atoms with Crippen LogP contribution in [0.4, 0.5) is 5.69 Å². The standard InChI is InChI=1S/C20H21N5O3S/c1-12-4-6-16(10-13(12)2)25-20(22-23-24-25)29-14(3)19(26)21-15-5-7-17-18(11-15)28-9-8-27-17/h4-7,10-11,14H,8-9H2,1-3H3,(H,21,26)/t14-/m1/s1. The van der Waals surface area contributed by atoms with Crippen molar-refractivity contribution in [3.8, 4) is 17.2 Å². The molecule has 2 heterocycles. The fraction of sp³-hybridized carbons (Fsp3) is 0.300. The van der Waals surface area contributed by atoms with Crippen molar-refractivity contribution in [3.05, 3.63) is 47.5 Å². The molecule has 150 valence electrons. The predicted molar refractivity (Wildman–Crippen MR) is 110 cm³/mol. The zero-order chi connectivity index (χ0) is 20.4. The van der Waals surface area contributed by atoms with Gasteiger partial charge in [0, 0.05) is 11.8 Å². The number of nitrogens with one attached hydrogen (secondary N) is 1. The van der Waals surface area contributed by atoms with Crippen molar-refractivity contribution in [2.75, 3.05) is 18.5 Å². The van der Waals surface area contributed by atoms with Crippen LogP contribution in [0.2, 0.25) is 0 Å². The van der Waals surface area contributed by atoms with E-state index in [1.165, 1.54) is 17.3 Å². The summed E-state index contributed by atoms with van der Waals surface area (Å²) in [5.41, 5.74) is 3.86. The molecule has 8 nitrogen and oxygen atoms in total. The number of amides is 1. The lowest BCUT2D eigenvalue weighted by Gasteiger charge is -2.19. The Morgan fingerprint density at radius 1 is 1.10 bits per heavy atom. The van der Waals surface area contributed by atoms with Crippen molar-refractivity contribution in [2.45, 2.75) is 31.2 Å². The topological polar surface area (TPSA) is 91.2 Å². The molecule has 3 aromatic rings. The number of rotatable bonds is 5. The monoisotopic (exact) mass is 411 g/mol. The first-order chi connectivity index (χ1) is 14.0. The summed E-state index contributed by atoms with van der Waals surface area (Å²) in [6.45, 7) is 6.94. The van der Waals surface area contributed by atoms with Crippen LogP contribution in [0, 0.1) is 13.8 Å². The lowest BCUT2D eigenvalue weighted by atomic mass is 10.1. The number of aryl methyl sites for hydroxylation is 2. The van der Waals surface area contributed by atoms with E-state index in [4.69, 9.17) is 9.47 Å². The Morgan fingerprint density at radius 3 is 2.69 bits per heavy atom. The first-order valence-corrected chi connectivity index (χ1v) is 10.1. The van der Waals surface area contributed by atoms with Gasteiger partial charge in [0.1, 0.15) is 13.2 Å². The van der Waals surface area contributed by atoms with Gasteiger partial charge in [-0.15, -0.1) is 5.10 Å². The SMILES string of the molecule is Cc1ccc(-n2nnnc2S[C@H](C)C(=O)Nc2ccc3c(c2)OCCO3)cc1C. The molecule has 0 aliphatic carbocycles. The molecule has 0 spiro atoms. The van der Waals surface area contributed by atoms with Crippen molar-refractivity contribution in [1.29, 1.82) is 0 Å². The highest BCUT2D eigenvalue weighted by molar-refractivity contribution is 8.00. The minimum atomic E-state index is -0.403. The van der Waals surface area contributed by atoms with Gasteiger partial charge in [-0.25, -0.2) is 0 Å². The maximum Gasteiger partial charge on any atom is 0.237 e. The van der Waals surface area contributed by atoms with Gasteiger partial charge in [0.05, 0.1) is 10.9 Å². The Balaban J connectivity index is 1.46. The third-order valence-electron chi connectivity index (χ3n) is 4.64. The zero-order valence-electron chi connectivity index (χ0n) is 16.4. The molecule has 0 bridgehead atoms. The molecule has 1 amide bonds. The van der Waals surface area contributed by atoms with Crippen molar-refractivity contribution >= 4 is 23.4 Å². The van der Waals surface area contributed by atoms with Crippen LogP contribution in [-0.2, 0) is 4.79 Å². The second kappa shape index (κ2) is 8.12. The van der Waals surface area contributed by atoms with Crippen LogP contribution >= 0.6 is 11.8 Å². The van der Waals surface area contributed by atoms with Crippen LogP contribution in [-0.4, -0.2) is 44.6 Å². The van der Waals surface area contributed by atoms with E-state index >= 15 is 0 Å². The number of fused-ring (bicyclic) bond motifs is 1.